The number of alkyl halides is 3. The molecule has 5 heteroatoms. The van der Waals surface area contributed by atoms with E-state index >= 15 is 0 Å². The Morgan fingerprint density at radius 3 is 2.14 bits per heavy atom. The molecule has 0 aromatic carbocycles. The Bertz CT molecular complexity index is 187. The van der Waals surface area contributed by atoms with Crippen molar-refractivity contribution in [2.24, 2.45) is 11.8 Å². The van der Waals surface area contributed by atoms with Gasteiger partial charge in [0.05, 0.1) is 5.92 Å². The summed E-state index contributed by atoms with van der Waals surface area (Å²) in [6, 6.07) is 0. The van der Waals surface area contributed by atoms with Crippen LogP contribution in [-0.4, -0.2) is 17.3 Å². The van der Waals surface area contributed by atoms with Gasteiger partial charge in [0.15, 0.2) is 0 Å². The van der Waals surface area contributed by atoms with Gasteiger partial charge in [0, 0.05) is 6.42 Å². The summed E-state index contributed by atoms with van der Waals surface area (Å²) in [6.45, 7) is 3.39. The lowest BCUT2D eigenvalue weighted by Crippen LogP contribution is -2.25. The van der Waals surface area contributed by atoms with Crippen molar-refractivity contribution in [2.45, 2.75) is 39.3 Å². The Kier molecular flexibility index (Phi) is 4.94. The monoisotopic (exact) mass is 212 g/mol. The third kappa shape index (κ3) is 5.83. The second-order valence-corrected chi connectivity index (χ2v) is 3.80. The number of carbonyl (C=O) groups is 1. The molecule has 1 N–H and O–H groups in total. The molecule has 0 aliphatic carbocycles. The van der Waals surface area contributed by atoms with Gasteiger partial charge in [-0.3, -0.25) is 4.79 Å². The average Bonchev–Trinajstić information content (AvgIpc) is 1.94. The maximum Gasteiger partial charge on any atom is 0.391 e. The van der Waals surface area contributed by atoms with Crippen molar-refractivity contribution in [3.63, 3.8) is 0 Å². The molecule has 2 nitrogen and oxygen atoms in total. The third-order valence-corrected chi connectivity index (χ3v) is 1.93. The van der Waals surface area contributed by atoms with Gasteiger partial charge in [0.25, 0.3) is 0 Å². The number of rotatable bonds is 5. The lowest BCUT2D eigenvalue weighted by Gasteiger charge is -2.21. The first kappa shape index (κ1) is 13.3. The first-order valence-electron chi connectivity index (χ1n) is 4.52. The predicted octanol–water partition coefficient (Wildman–Crippen LogP) is 3.08. The summed E-state index contributed by atoms with van der Waals surface area (Å²) in [5, 5.41) is 8.29. The van der Waals surface area contributed by atoms with Crippen LogP contribution in [0.3, 0.4) is 0 Å². The Morgan fingerprint density at radius 2 is 1.86 bits per heavy atom. The fraction of sp³-hybridized carbons (Fsp3) is 0.889. The van der Waals surface area contributed by atoms with Gasteiger partial charge in [-0.25, -0.2) is 0 Å². The molecule has 1 unspecified atom stereocenters. The quantitative estimate of drug-likeness (QED) is 0.760. The van der Waals surface area contributed by atoms with Crippen LogP contribution in [0.2, 0.25) is 0 Å². The minimum Gasteiger partial charge on any atom is -0.481 e. The molecule has 0 amide bonds. The molecule has 0 aliphatic heterocycles. The van der Waals surface area contributed by atoms with E-state index in [9.17, 15) is 18.0 Å². The van der Waals surface area contributed by atoms with E-state index in [1.54, 1.807) is 13.8 Å². The van der Waals surface area contributed by atoms with E-state index in [2.05, 4.69) is 0 Å². The summed E-state index contributed by atoms with van der Waals surface area (Å²) in [4.78, 5) is 10.1. The van der Waals surface area contributed by atoms with Crippen LogP contribution >= 0.6 is 0 Å². The van der Waals surface area contributed by atoms with E-state index in [0.29, 0.717) is 0 Å². The van der Waals surface area contributed by atoms with Crippen molar-refractivity contribution in [3.8, 4) is 0 Å². The van der Waals surface area contributed by atoms with Crippen molar-refractivity contribution in [2.75, 3.05) is 0 Å². The highest BCUT2D eigenvalue weighted by atomic mass is 19.4. The number of aliphatic carboxylic acids is 1. The molecule has 0 aliphatic rings. The van der Waals surface area contributed by atoms with Gasteiger partial charge in [0.2, 0.25) is 0 Å². The summed E-state index contributed by atoms with van der Waals surface area (Å²) in [5.41, 5.74) is 0. The Hall–Kier alpha value is -0.740. The zero-order chi connectivity index (χ0) is 11.4. The van der Waals surface area contributed by atoms with Crippen molar-refractivity contribution in [1.29, 1.82) is 0 Å². The molecule has 0 bridgehead atoms. The molecule has 0 rings (SSSR count). The van der Waals surface area contributed by atoms with Crippen molar-refractivity contribution < 1.29 is 23.1 Å². The second kappa shape index (κ2) is 5.22. The molecular weight excluding hydrogens is 197 g/mol. The number of carboxylic acid groups (broad SMARTS) is 1. The Balaban J connectivity index is 4.19. The minimum absolute atomic E-state index is 0.00319. The first-order chi connectivity index (χ1) is 6.23. The van der Waals surface area contributed by atoms with Crippen LogP contribution in [0.5, 0.6) is 0 Å². The number of hydrogen-bond donors (Lipinski definition) is 1. The number of carboxylic acids is 1. The first-order valence-corrected chi connectivity index (χ1v) is 4.52. The summed E-state index contributed by atoms with van der Waals surface area (Å²) in [5.74, 6) is -2.74. The van der Waals surface area contributed by atoms with Crippen LogP contribution < -0.4 is 0 Å². The normalized spacial score (nSPS) is 14.4. The largest absolute Gasteiger partial charge is 0.481 e. The van der Waals surface area contributed by atoms with Crippen LogP contribution in [0.1, 0.15) is 33.1 Å². The van der Waals surface area contributed by atoms with Crippen molar-refractivity contribution >= 4 is 5.97 Å². The summed E-state index contributed by atoms with van der Waals surface area (Å²) in [7, 11) is 0. The molecule has 0 spiro atoms. The smallest absolute Gasteiger partial charge is 0.391 e. The van der Waals surface area contributed by atoms with Crippen molar-refractivity contribution in [3.05, 3.63) is 0 Å². The lowest BCUT2D eigenvalue weighted by molar-refractivity contribution is -0.181. The van der Waals surface area contributed by atoms with E-state index in [0.717, 1.165) is 0 Å². The van der Waals surface area contributed by atoms with E-state index in [1.807, 2.05) is 0 Å². The lowest BCUT2D eigenvalue weighted by atomic mass is 9.92. The van der Waals surface area contributed by atoms with E-state index in [4.69, 9.17) is 5.11 Å². The second-order valence-electron chi connectivity index (χ2n) is 3.80. The molecule has 14 heavy (non-hydrogen) atoms. The molecule has 0 aromatic heterocycles. The van der Waals surface area contributed by atoms with Gasteiger partial charge in [-0.15, -0.1) is 0 Å². The highest BCUT2D eigenvalue weighted by Crippen LogP contribution is 2.34. The van der Waals surface area contributed by atoms with Gasteiger partial charge in [-0.05, 0) is 18.8 Å². The predicted molar refractivity (Wildman–Crippen MR) is 45.9 cm³/mol. The minimum atomic E-state index is -4.28. The SMILES string of the molecule is CC(C)CC(CCC(=O)O)C(F)(F)F. The van der Waals surface area contributed by atoms with E-state index in [1.165, 1.54) is 0 Å². The topological polar surface area (TPSA) is 37.3 Å². The molecule has 84 valence electrons. The average molecular weight is 212 g/mol. The van der Waals surface area contributed by atoms with Crippen LogP contribution in [0, 0.1) is 11.8 Å². The van der Waals surface area contributed by atoms with Gasteiger partial charge in [-0.1, -0.05) is 13.8 Å². The zero-order valence-electron chi connectivity index (χ0n) is 8.27. The molecule has 0 saturated heterocycles. The number of halogens is 3. The van der Waals surface area contributed by atoms with Gasteiger partial charge >= 0.3 is 12.1 Å². The van der Waals surface area contributed by atoms with Crippen LogP contribution in [0.15, 0.2) is 0 Å². The van der Waals surface area contributed by atoms with Crippen LogP contribution in [0.25, 0.3) is 0 Å². The highest BCUT2D eigenvalue weighted by Gasteiger charge is 2.39. The third-order valence-electron chi connectivity index (χ3n) is 1.93. The van der Waals surface area contributed by atoms with Crippen molar-refractivity contribution in [1.82, 2.24) is 0 Å². The molecular formula is C9H15F3O2. The van der Waals surface area contributed by atoms with Gasteiger partial charge < -0.3 is 5.11 Å². The summed E-state index contributed by atoms with van der Waals surface area (Å²) >= 11 is 0. The highest BCUT2D eigenvalue weighted by molar-refractivity contribution is 5.66. The Labute approximate surface area is 81.1 Å². The van der Waals surface area contributed by atoms with E-state index < -0.39 is 24.5 Å². The Morgan fingerprint density at radius 1 is 1.36 bits per heavy atom. The standard InChI is InChI=1S/C9H15F3O2/c1-6(2)5-7(9(10,11)12)3-4-8(13)14/h6-7H,3-5H2,1-2H3,(H,13,14). The summed E-state index contributed by atoms with van der Waals surface area (Å²) in [6.07, 6.45) is -5.02. The van der Waals surface area contributed by atoms with Crippen LogP contribution in [0.4, 0.5) is 13.2 Å². The molecule has 0 aromatic rings. The molecule has 0 radical (unpaired) electrons. The van der Waals surface area contributed by atoms with Crippen LogP contribution in [-0.2, 0) is 4.79 Å². The number of hydrogen-bond acceptors (Lipinski definition) is 1. The molecule has 0 heterocycles. The van der Waals surface area contributed by atoms with Gasteiger partial charge in [-0.2, -0.15) is 13.2 Å². The fourth-order valence-electron chi connectivity index (χ4n) is 1.28. The molecule has 0 fully saturated rings. The zero-order valence-corrected chi connectivity index (χ0v) is 8.27. The fourth-order valence-corrected chi connectivity index (χ4v) is 1.28. The molecule has 0 saturated carbocycles. The van der Waals surface area contributed by atoms with E-state index in [-0.39, 0.29) is 18.8 Å². The molecule has 1 atom stereocenters. The van der Waals surface area contributed by atoms with Gasteiger partial charge in [0.1, 0.15) is 0 Å². The maximum atomic E-state index is 12.3. The summed E-state index contributed by atoms with van der Waals surface area (Å²) < 4.78 is 37.0. The maximum absolute atomic E-state index is 12.3.